The van der Waals surface area contributed by atoms with Crippen molar-refractivity contribution in [3.63, 3.8) is 0 Å². The number of nitrogens with one attached hydrogen (secondary N) is 1. The van der Waals surface area contributed by atoms with Gasteiger partial charge in [0.25, 0.3) is 5.91 Å². The molecular weight excluding hydrogens is 412 g/mol. The number of rotatable bonds is 7. The van der Waals surface area contributed by atoms with Crippen LogP contribution in [0, 0.1) is 5.92 Å². The lowest BCUT2D eigenvalue weighted by Crippen LogP contribution is -2.40. The predicted octanol–water partition coefficient (Wildman–Crippen LogP) is 3.96. The second-order valence-corrected chi connectivity index (χ2v) is 10.5. The molecule has 2 aromatic carbocycles. The summed E-state index contributed by atoms with van der Waals surface area (Å²) in [6.45, 7) is 9.92. The van der Waals surface area contributed by atoms with E-state index in [0.717, 1.165) is 5.56 Å². The van der Waals surface area contributed by atoms with Crippen molar-refractivity contribution in [1.82, 2.24) is 9.62 Å². The Morgan fingerprint density at radius 3 is 1.97 bits per heavy atom. The molecule has 0 saturated carbocycles. The first-order valence-electron chi connectivity index (χ1n) is 10.8. The van der Waals surface area contributed by atoms with Gasteiger partial charge in [-0.15, -0.1) is 0 Å². The van der Waals surface area contributed by atoms with E-state index in [1.807, 2.05) is 0 Å². The number of ether oxygens (including phenoxy) is 1. The number of amides is 1. The monoisotopic (exact) mass is 444 g/mol. The largest absolute Gasteiger partial charge is 0.379 e. The normalized spacial score (nSPS) is 16.5. The maximum atomic E-state index is 12.9. The quantitative estimate of drug-likeness (QED) is 0.701. The number of hydrogen-bond donors (Lipinski definition) is 1. The van der Waals surface area contributed by atoms with E-state index < -0.39 is 10.0 Å². The summed E-state index contributed by atoms with van der Waals surface area (Å²) < 4.78 is 32.2. The molecular formula is C24H32N2O4S. The standard InChI is InChI=1S/C24H32N2O4S/c1-17(2)19-5-7-20(8-6-19)23(18(3)4)25-24(27)21-9-11-22(12-10-21)31(28,29)26-13-15-30-16-14-26/h5-12,17-18,23H,13-16H2,1-4H3,(H,25,27)/t23-/m0/s1. The third-order valence-electron chi connectivity index (χ3n) is 5.64. The highest BCUT2D eigenvalue weighted by Gasteiger charge is 2.26. The van der Waals surface area contributed by atoms with Gasteiger partial charge in [-0.05, 0) is 47.2 Å². The molecule has 0 aliphatic carbocycles. The SMILES string of the molecule is CC(C)c1ccc([C@@H](NC(=O)c2ccc(S(=O)(=O)N3CCOCC3)cc2)C(C)C)cc1. The highest BCUT2D eigenvalue weighted by atomic mass is 32.2. The van der Waals surface area contributed by atoms with E-state index in [1.54, 1.807) is 12.1 Å². The number of morpholine rings is 1. The van der Waals surface area contributed by atoms with E-state index in [-0.39, 0.29) is 22.8 Å². The molecule has 0 bridgehead atoms. The smallest absolute Gasteiger partial charge is 0.251 e. The number of nitrogens with zero attached hydrogens (tertiary/aromatic N) is 1. The van der Waals surface area contributed by atoms with Crippen LogP contribution < -0.4 is 5.32 Å². The van der Waals surface area contributed by atoms with E-state index in [9.17, 15) is 13.2 Å². The fourth-order valence-electron chi connectivity index (χ4n) is 3.66. The Bertz CT molecular complexity index is 977. The summed E-state index contributed by atoms with van der Waals surface area (Å²) >= 11 is 0. The van der Waals surface area contributed by atoms with Crippen LogP contribution in [0.25, 0.3) is 0 Å². The van der Waals surface area contributed by atoms with Crippen LogP contribution in [0.1, 0.15) is 61.1 Å². The summed E-state index contributed by atoms with van der Waals surface area (Å²) in [6, 6.07) is 14.4. The Hall–Kier alpha value is -2.22. The average Bonchev–Trinajstić information content (AvgIpc) is 2.78. The van der Waals surface area contributed by atoms with Gasteiger partial charge in [-0.25, -0.2) is 8.42 Å². The molecule has 1 aliphatic rings. The zero-order chi connectivity index (χ0) is 22.6. The van der Waals surface area contributed by atoms with E-state index in [2.05, 4.69) is 57.3 Å². The molecule has 2 aromatic rings. The van der Waals surface area contributed by atoms with Crippen LogP contribution in [-0.4, -0.2) is 44.9 Å². The number of hydrogen-bond acceptors (Lipinski definition) is 4. The fraction of sp³-hybridized carbons (Fsp3) is 0.458. The van der Waals surface area contributed by atoms with Gasteiger partial charge in [0.15, 0.2) is 0 Å². The molecule has 1 fully saturated rings. The zero-order valence-electron chi connectivity index (χ0n) is 18.7. The summed E-state index contributed by atoms with van der Waals surface area (Å²) in [5.74, 6) is 0.435. The van der Waals surface area contributed by atoms with Crippen molar-refractivity contribution >= 4 is 15.9 Å². The molecule has 1 heterocycles. The highest BCUT2D eigenvalue weighted by Crippen LogP contribution is 2.25. The van der Waals surface area contributed by atoms with Crippen LogP contribution in [-0.2, 0) is 14.8 Å². The molecule has 7 heteroatoms. The van der Waals surface area contributed by atoms with Crippen LogP contribution in [0.5, 0.6) is 0 Å². The van der Waals surface area contributed by atoms with Gasteiger partial charge >= 0.3 is 0 Å². The van der Waals surface area contributed by atoms with Crippen LogP contribution >= 0.6 is 0 Å². The van der Waals surface area contributed by atoms with E-state index in [4.69, 9.17) is 4.74 Å². The van der Waals surface area contributed by atoms with Crippen LogP contribution in [0.4, 0.5) is 0 Å². The summed E-state index contributed by atoms with van der Waals surface area (Å²) in [4.78, 5) is 13.1. The Kier molecular flexibility index (Phi) is 7.51. The second-order valence-electron chi connectivity index (χ2n) is 8.56. The Morgan fingerprint density at radius 2 is 1.45 bits per heavy atom. The minimum Gasteiger partial charge on any atom is -0.379 e. The first-order chi connectivity index (χ1) is 14.7. The minimum atomic E-state index is -3.57. The predicted molar refractivity (Wildman–Crippen MR) is 122 cm³/mol. The van der Waals surface area contributed by atoms with Crippen molar-refractivity contribution in [1.29, 1.82) is 0 Å². The van der Waals surface area contributed by atoms with Crippen molar-refractivity contribution < 1.29 is 17.9 Å². The molecule has 31 heavy (non-hydrogen) atoms. The summed E-state index contributed by atoms with van der Waals surface area (Å²) in [5, 5.41) is 3.10. The molecule has 1 aliphatic heterocycles. The Labute approximate surface area is 185 Å². The van der Waals surface area contributed by atoms with Crippen molar-refractivity contribution in [2.45, 2.75) is 44.6 Å². The summed E-state index contributed by atoms with van der Waals surface area (Å²) in [6.07, 6.45) is 0. The van der Waals surface area contributed by atoms with E-state index in [1.165, 1.54) is 22.0 Å². The molecule has 168 valence electrons. The van der Waals surface area contributed by atoms with Crippen molar-refractivity contribution in [3.05, 3.63) is 65.2 Å². The number of carbonyl (C=O) groups excluding carboxylic acids is 1. The van der Waals surface area contributed by atoms with Gasteiger partial charge in [-0.3, -0.25) is 4.79 Å². The number of carbonyl (C=O) groups is 1. The second kappa shape index (κ2) is 9.94. The zero-order valence-corrected chi connectivity index (χ0v) is 19.5. The fourth-order valence-corrected chi connectivity index (χ4v) is 5.07. The lowest BCUT2D eigenvalue weighted by Gasteiger charge is -2.26. The van der Waals surface area contributed by atoms with Crippen LogP contribution in [0.15, 0.2) is 53.4 Å². The first-order valence-corrected chi connectivity index (χ1v) is 12.2. The van der Waals surface area contributed by atoms with E-state index >= 15 is 0 Å². The average molecular weight is 445 g/mol. The molecule has 0 spiro atoms. The van der Waals surface area contributed by atoms with Crippen molar-refractivity contribution in [3.8, 4) is 0 Å². The van der Waals surface area contributed by atoms with Crippen molar-refractivity contribution in [2.75, 3.05) is 26.3 Å². The summed E-state index contributed by atoms with van der Waals surface area (Å²) in [5.41, 5.74) is 2.75. The lowest BCUT2D eigenvalue weighted by molar-refractivity contribution is 0.0730. The molecule has 6 nitrogen and oxygen atoms in total. The van der Waals surface area contributed by atoms with Gasteiger partial charge in [-0.2, -0.15) is 4.31 Å². The van der Waals surface area contributed by atoms with Gasteiger partial charge in [0.05, 0.1) is 24.2 Å². The summed E-state index contributed by atoms with van der Waals surface area (Å²) in [7, 11) is -3.57. The maximum Gasteiger partial charge on any atom is 0.251 e. The van der Waals surface area contributed by atoms with Gasteiger partial charge < -0.3 is 10.1 Å². The van der Waals surface area contributed by atoms with Crippen LogP contribution in [0.2, 0.25) is 0 Å². The van der Waals surface area contributed by atoms with Crippen LogP contribution in [0.3, 0.4) is 0 Å². The van der Waals surface area contributed by atoms with Gasteiger partial charge in [0.1, 0.15) is 0 Å². The van der Waals surface area contributed by atoms with E-state index in [0.29, 0.717) is 37.8 Å². The molecule has 1 amide bonds. The van der Waals surface area contributed by atoms with Gasteiger partial charge in [0, 0.05) is 18.7 Å². The number of benzene rings is 2. The molecule has 0 unspecified atom stereocenters. The lowest BCUT2D eigenvalue weighted by atomic mass is 9.93. The molecule has 1 N–H and O–H groups in total. The Balaban J connectivity index is 1.74. The minimum absolute atomic E-state index is 0.134. The molecule has 1 saturated heterocycles. The third-order valence-corrected chi connectivity index (χ3v) is 7.55. The van der Waals surface area contributed by atoms with Gasteiger partial charge in [-0.1, -0.05) is 52.0 Å². The number of sulfonamides is 1. The van der Waals surface area contributed by atoms with Gasteiger partial charge in [0.2, 0.25) is 10.0 Å². The molecule has 0 radical (unpaired) electrons. The van der Waals surface area contributed by atoms with Crippen molar-refractivity contribution in [2.24, 2.45) is 5.92 Å². The highest BCUT2D eigenvalue weighted by molar-refractivity contribution is 7.89. The molecule has 3 rings (SSSR count). The molecule has 1 atom stereocenters. The molecule has 0 aromatic heterocycles. The first kappa shape index (κ1) is 23.4. The third kappa shape index (κ3) is 5.53. The maximum absolute atomic E-state index is 12.9. The Morgan fingerprint density at radius 1 is 0.903 bits per heavy atom. The topological polar surface area (TPSA) is 75.7 Å².